The number of rotatable bonds is 7. The maximum atomic E-state index is 12.5. The van der Waals surface area contributed by atoms with Gasteiger partial charge in [0.15, 0.2) is 0 Å². The average molecular weight is 382 g/mol. The molecule has 0 aliphatic carbocycles. The molecule has 0 saturated heterocycles. The van der Waals surface area contributed by atoms with Crippen molar-refractivity contribution < 1.29 is 14.3 Å². The van der Waals surface area contributed by atoms with Gasteiger partial charge in [-0.3, -0.25) is 9.79 Å². The van der Waals surface area contributed by atoms with Crippen molar-refractivity contribution in [3.63, 3.8) is 0 Å². The summed E-state index contributed by atoms with van der Waals surface area (Å²) in [4.78, 5) is 17.2. The third kappa shape index (κ3) is 4.34. The van der Waals surface area contributed by atoms with Gasteiger partial charge < -0.3 is 14.8 Å². The first-order valence-electron chi connectivity index (χ1n) is 8.57. The van der Waals surface area contributed by atoms with Gasteiger partial charge in [0, 0.05) is 29.5 Å². The summed E-state index contributed by atoms with van der Waals surface area (Å²) in [5, 5.41) is 3.20. The number of hydrogen-bond donors (Lipinski definition) is 1. The number of benzene rings is 2. The Kier molecular flexibility index (Phi) is 6.19. The Morgan fingerprint density at radius 3 is 2.81 bits per heavy atom. The summed E-state index contributed by atoms with van der Waals surface area (Å²) in [7, 11) is 3.24. The summed E-state index contributed by atoms with van der Waals surface area (Å²) >= 11 is 1.30. The first-order valence-corrected chi connectivity index (χ1v) is 9.56. The van der Waals surface area contributed by atoms with Crippen molar-refractivity contribution in [2.24, 2.45) is 4.99 Å². The quantitative estimate of drug-likeness (QED) is 0.786. The molecule has 0 radical (unpaired) electrons. The summed E-state index contributed by atoms with van der Waals surface area (Å²) in [6.45, 7) is 3.71. The Balaban J connectivity index is 1.91. The lowest BCUT2D eigenvalue weighted by molar-refractivity contribution is -0.112. The fraction of sp³-hybridized carbons (Fsp3) is 0.238. The Labute approximate surface area is 163 Å². The Morgan fingerprint density at radius 1 is 1.26 bits per heavy atom. The van der Waals surface area contributed by atoms with Crippen molar-refractivity contribution in [3.05, 3.63) is 66.4 Å². The lowest BCUT2D eigenvalue weighted by atomic mass is 10.0. The van der Waals surface area contributed by atoms with Gasteiger partial charge in [-0.1, -0.05) is 36.5 Å². The molecule has 1 N–H and O–H groups in total. The molecule has 0 saturated carbocycles. The lowest BCUT2D eigenvalue weighted by Gasteiger charge is -2.21. The highest BCUT2D eigenvalue weighted by Gasteiger charge is 2.27. The summed E-state index contributed by atoms with van der Waals surface area (Å²) in [6, 6.07) is 13.1. The molecule has 6 heteroatoms. The molecule has 2 aromatic rings. The zero-order chi connectivity index (χ0) is 19.2. The predicted octanol–water partition coefficient (Wildman–Crippen LogP) is 3.93. The smallest absolute Gasteiger partial charge is 0.214 e. The van der Waals surface area contributed by atoms with Crippen LogP contribution in [0.2, 0.25) is 0 Å². The number of ether oxygens (including phenoxy) is 2. The molecular formula is C21H22N2O3S. The second-order valence-corrected chi connectivity index (χ2v) is 6.95. The molecule has 140 valence electrons. The number of nitrogens with one attached hydrogen (secondary N) is 1. The molecule has 0 bridgehead atoms. The van der Waals surface area contributed by atoms with Crippen LogP contribution in [0.25, 0.3) is 0 Å². The van der Waals surface area contributed by atoms with Crippen LogP contribution in [0, 0.1) is 0 Å². The molecule has 0 spiro atoms. The van der Waals surface area contributed by atoms with Crippen LogP contribution in [0.1, 0.15) is 11.1 Å². The third-order valence-corrected chi connectivity index (χ3v) is 5.32. The van der Waals surface area contributed by atoms with E-state index < -0.39 is 6.04 Å². The van der Waals surface area contributed by atoms with Crippen molar-refractivity contribution in [3.8, 4) is 11.5 Å². The average Bonchev–Trinajstić information content (AvgIpc) is 2.70. The van der Waals surface area contributed by atoms with Crippen molar-refractivity contribution in [1.29, 1.82) is 0 Å². The van der Waals surface area contributed by atoms with Crippen LogP contribution >= 0.6 is 11.8 Å². The zero-order valence-corrected chi connectivity index (χ0v) is 16.2. The summed E-state index contributed by atoms with van der Waals surface area (Å²) in [5.41, 5.74) is 3.72. The molecule has 0 unspecified atom stereocenters. The van der Waals surface area contributed by atoms with Crippen molar-refractivity contribution in [2.45, 2.75) is 12.5 Å². The highest BCUT2D eigenvalue weighted by Crippen LogP contribution is 2.30. The number of methoxy groups -OCH3 is 2. The van der Waals surface area contributed by atoms with E-state index in [9.17, 15) is 4.79 Å². The second-order valence-electron chi connectivity index (χ2n) is 5.98. The van der Waals surface area contributed by atoms with Gasteiger partial charge in [0.05, 0.1) is 19.9 Å². The van der Waals surface area contributed by atoms with E-state index in [1.165, 1.54) is 11.8 Å². The van der Waals surface area contributed by atoms with Crippen LogP contribution < -0.4 is 14.8 Å². The fourth-order valence-corrected chi connectivity index (χ4v) is 3.82. The molecule has 0 amide bonds. The Morgan fingerprint density at radius 2 is 2.07 bits per heavy atom. The van der Waals surface area contributed by atoms with Crippen molar-refractivity contribution >= 4 is 28.3 Å². The minimum absolute atomic E-state index is 0.0830. The van der Waals surface area contributed by atoms with Gasteiger partial charge in [0.1, 0.15) is 17.5 Å². The highest BCUT2D eigenvalue weighted by atomic mass is 32.2. The molecule has 1 atom stereocenters. The summed E-state index contributed by atoms with van der Waals surface area (Å²) in [6.07, 6.45) is 2.16. The monoisotopic (exact) mass is 382 g/mol. The largest absolute Gasteiger partial charge is 0.497 e. The van der Waals surface area contributed by atoms with E-state index in [4.69, 9.17) is 14.5 Å². The molecule has 3 rings (SSSR count). The van der Waals surface area contributed by atoms with E-state index in [0.717, 1.165) is 28.3 Å². The van der Waals surface area contributed by atoms with Gasteiger partial charge in [0.25, 0.3) is 0 Å². The normalized spacial score (nSPS) is 16.4. The number of carbonyl (C=O) groups is 1. The minimum Gasteiger partial charge on any atom is -0.497 e. The number of anilines is 1. The molecule has 0 fully saturated rings. The minimum atomic E-state index is -0.432. The van der Waals surface area contributed by atoms with E-state index >= 15 is 0 Å². The first-order chi connectivity index (χ1) is 13.2. The number of para-hydroxylation sites is 1. The van der Waals surface area contributed by atoms with E-state index in [1.54, 1.807) is 20.4 Å². The number of nitrogens with zero attached hydrogens (tertiary/aromatic N) is 1. The SMILES string of the molecule is C=CNc1ccccc1C[C@@H]1N=C(c2ccc(OC)cc2OC)CSC1=O. The van der Waals surface area contributed by atoms with Crippen LogP contribution in [0.5, 0.6) is 11.5 Å². The zero-order valence-electron chi connectivity index (χ0n) is 15.4. The summed E-state index contributed by atoms with van der Waals surface area (Å²) in [5.74, 6) is 1.94. The van der Waals surface area contributed by atoms with E-state index in [2.05, 4.69) is 11.9 Å². The molecular weight excluding hydrogens is 360 g/mol. The number of hydrogen-bond acceptors (Lipinski definition) is 6. The van der Waals surface area contributed by atoms with Crippen LogP contribution in [0.4, 0.5) is 5.69 Å². The first kappa shape index (κ1) is 19.0. The van der Waals surface area contributed by atoms with Crippen LogP contribution in [0.15, 0.2) is 60.2 Å². The molecule has 1 aliphatic heterocycles. The van der Waals surface area contributed by atoms with Crippen LogP contribution in [-0.4, -0.2) is 36.8 Å². The van der Waals surface area contributed by atoms with Gasteiger partial charge in [-0.15, -0.1) is 0 Å². The second kappa shape index (κ2) is 8.77. The predicted molar refractivity (Wildman–Crippen MR) is 111 cm³/mol. The number of carbonyl (C=O) groups excluding carboxylic acids is 1. The van der Waals surface area contributed by atoms with E-state index in [-0.39, 0.29) is 5.12 Å². The van der Waals surface area contributed by atoms with Gasteiger partial charge >= 0.3 is 0 Å². The molecule has 5 nitrogen and oxygen atoms in total. The standard InChI is InChI=1S/C21H22N2O3S/c1-4-22-17-8-6-5-7-14(17)11-18-21(24)27-13-19(23-18)16-10-9-15(25-2)12-20(16)26-3/h4-10,12,18,22H,1,11,13H2,2-3H3/t18-/m0/s1. The topological polar surface area (TPSA) is 59.9 Å². The molecule has 2 aromatic carbocycles. The third-order valence-electron chi connectivity index (χ3n) is 4.34. The fourth-order valence-electron chi connectivity index (χ4n) is 2.98. The van der Waals surface area contributed by atoms with Gasteiger partial charge in [-0.25, -0.2) is 0 Å². The van der Waals surface area contributed by atoms with Crippen molar-refractivity contribution in [2.75, 3.05) is 25.3 Å². The Bertz CT molecular complexity index is 879. The van der Waals surface area contributed by atoms with Gasteiger partial charge in [-0.05, 0) is 30.0 Å². The maximum Gasteiger partial charge on any atom is 0.214 e. The van der Waals surface area contributed by atoms with E-state index in [0.29, 0.717) is 17.9 Å². The Hall–Kier alpha value is -2.73. The molecule has 1 heterocycles. The number of aliphatic imine (C=N–C) groups is 1. The molecule has 1 aliphatic rings. The molecule has 0 aromatic heterocycles. The lowest BCUT2D eigenvalue weighted by Crippen LogP contribution is -2.28. The van der Waals surface area contributed by atoms with Crippen LogP contribution in [-0.2, 0) is 11.2 Å². The molecule has 27 heavy (non-hydrogen) atoms. The van der Waals surface area contributed by atoms with Gasteiger partial charge in [-0.2, -0.15) is 0 Å². The van der Waals surface area contributed by atoms with Crippen molar-refractivity contribution in [1.82, 2.24) is 0 Å². The summed E-state index contributed by atoms with van der Waals surface area (Å²) < 4.78 is 10.8. The highest BCUT2D eigenvalue weighted by molar-refractivity contribution is 8.14. The van der Waals surface area contributed by atoms with E-state index in [1.807, 2.05) is 42.5 Å². The van der Waals surface area contributed by atoms with Crippen LogP contribution in [0.3, 0.4) is 0 Å². The van der Waals surface area contributed by atoms with Gasteiger partial charge in [0.2, 0.25) is 5.12 Å². The maximum absolute atomic E-state index is 12.5. The number of thioether (sulfide) groups is 1.